The van der Waals surface area contributed by atoms with Crippen LogP contribution >= 0.6 is 22.9 Å². The summed E-state index contributed by atoms with van der Waals surface area (Å²) in [6.07, 6.45) is 1.09. The van der Waals surface area contributed by atoms with Crippen molar-refractivity contribution in [1.82, 2.24) is 4.98 Å². The van der Waals surface area contributed by atoms with Gasteiger partial charge in [-0.05, 0) is 25.1 Å². The van der Waals surface area contributed by atoms with Gasteiger partial charge in [0.25, 0.3) is 0 Å². The highest BCUT2D eigenvalue weighted by Gasteiger charge is 2.07. The van der Waals surface area contributed by atoms with Gasteiger partial charge in [0.1, 0.15) is 0 Å². The molecule has 5 nitrogen and oxygen atoms in total. The van der Waals surface area contributed by atoms with Crippen molar-refractivity contribution in [2.45, 2.75) is 13.5 Å². The molecule has 0 aliphatic carbocycles. The highest BCUT2D eigenvalue weighted by Crippen LogP contribution is 2.26. The molecule has 108 valence electrons. The lowest BCUT2D eigenvalue weighted by Gasteiger charge is -2.10. The minimum absolute atomic E-state index is 0.349. The summed E-state index contributed by atoms with van der Waals surface area (Å²) in [5.41, 5.74) is 4.00. The second-order valence-electron chi connectivity index (χ2n) is 4.28. The number of rotatable bonds is 5. The number of aromatic nitrogens is 1. The zero-order chi connectivity index (χ0) is 14.8. The van der Waals surface area contributed by atoms with Gasteiger partial charge < -0.3 is 5.32 Å². The Balaban J connectivity index is 2.07. The summed E-state index contributed by atoms with van der Waals surface area (Å²) < 4.78 is 24.7. The topological polar surface area (TPSA) is 71.1 Å². The maximum atomic E-state index is 11.2. The molecular weight excluding hydrogens is 318 g/mol. The van der Waals surface area contributed by atoms with Gasteiger partial charge in [0, 0.05) is 10.6 Å². The zero-order valence-corrected chi connectivity index (χ0v) is 13.4. The summed E-state index contributed by atoms with van der Waals surface area (Å²) in [6.45, 7) is 2.62. The van der Waals surface area contributed by atoms with Gasteiger partial charge in [0.05, 0.1) is 34.7 Å². The Morgan fingerprint density at radius 3 is 2.70 bits per heavy atom. The van der Waals surface area contributed by atoms with Gasteiger partial charge in [-0.2, -0.15) is 0 Å². The van der Waals surface area contributed by atoms with Crippen LogP contribution in [0.25, 0.3) is 0 Å². The molecule has 0 fully saturated rings. The van der Waals surface area contributed by atoms with Crippen LogP contribution in [0.2, 0.25) is 5.02 Å². The van der Waals surface area contributed by atoms with Crippen LogP contribution in [0.4, 0.5) is 11.4 Å². The first-order valence-electron chi connectivity index (χ1n) is 5.75. The lowest BCUT2D eigenvalue weighted by molar-refractivity contribution is 0.607. The fourth-order valence-electron chi connectivity index (χ4n) is 1.59. The number of sulfonamides is 1. The molecule has 8 heteroatoms. The molecule has 0 atom stereocenters. The molecule has 0 radical (unpaired) electrons. The highest BCUT2D eigenvalue weighted by atomic mass is 35.5. The van der Waals surface area contributed by atoms with Crippen LogP contribution in [-0.4, -0.2) is 19.7 Å². The van der Waals surface area contributed by atoms with Crippen molar-refractivity contribution >= 4 is 44.3 Å². The highest BCUT2D eigenvalue weighted by molar-refractivity contribution is 7.92. The number of benzene rings is 1. The molecular formula is C12H14ClN3O2S2. The van der Waals surface area contributed by atoms with E-state index in [0.29, 0.717) is 17.3 Å². The monoisotopic (exact) mass is 331 g/mol. The summed E-state index contributed by atoms with van der Waals surface area (Å²) in [4.78, 5) is 5.33. The van der Waals surface area contributed by atoms with E-state index in [4.69, 9.17) is 11.6 Å². The molecule has 0 aliphatic rings. The second kappa shape index (κ2) is 5.99. The molecule has 0 saturated carbocycles. The van der Waals surface area contributed by atoms with Crippen LogP contribution in [0.5, 0.6) is 0 Å². The van der Waals surface area contributed by atoms with E-state index in [1.807, 2.05) is 6.92 Å². The molecule has 1 aromatic carbocycles. The third kappa shape index (κ3) is 4.09. The predicted octanol–water partition coefficient (Wildman–Crippen LogP) is 3.09. The van der Waals surface area contributed by atoms with Gasteiger partial charge in [-0.15, -0.1) is 11.3 Å². The number of halogens is 1. The van der Waals surface area contributed by atoms with Crippen LogP contribution in [0, 0.1) is 6.92 Å². The molecule has 0 spiro atoms. The van der Waals surface area contributed by atoms with E-state index < -0.39 is 10.0 Å². The molecule has 2 N–H and O–H groups in total. The first-order chi connectivity index (χ1) is 9.35. The number of nitrogens with one attached hydrogen (secondary N) is 2. The molecule has 2 rings (SSSR count). The fraction of sp³-hybridized carbons (Fsp3) is 0.250. The molecule has 2 aromatic rings. The number of thiazole rings is 1. The quantitative estimate of drug-likeness (QED) is 0.883. The molecule has 1 heterocycles. The Bertz CT molecular complexity index is 713. The molecule has 0 saturated heterocycles. The zero-order valence-electron chi connectivity index (χ0n) is 11.0. The van der Waals surface area contributed by atoms with Crippen molar-refractivity contribution in [3.63, 3.8) is 0 Å². The van der Waals surface area contributed by atoms with E-state index in [0.717, 1.165) is 22.5 Å². The smallest absolute Gasteiger partial charge is 0.229 e. The van der Waals surface area contributed by atoms with E-state index in [9.17, 15) is 8.42 Å². The fourth-order valence-corrected chi connectivity index (χ4v) is 3.16. The minimum atomic E-state index is -3.33. The number of aryl methyl sites for hydroxylation is 1. The maximum absolute atomic E-state index is 11.2. The van der Waals surface area contributed by atoms with Crippen molar-refractivity contribution in [3.05, 3.63) is 39.3 Å². The maximum Gasteiger partial charge on any atom is 0.229 e. The molecule has 0 unspecified atom stereocenters. The number of hydrogen-bond donors (Lipinski definition) is 2. The van der Waals surface area contributed by atoms with Gasteiger partial charge in [-0.3, -0.25) is 4.72 Å². The van der Waals surface area contributed by atoms with Crippen LogP contribution in [0.15, 0.2) is 23.7 Å². The van der Waals surface area contributed by atoms with Crippen molar-refractivity contribution in [2.24, 2.45) is 0 Å². The van der Waals surface area contributed by atoms with Gasteiger partial charge in [-0.25, -0.2) is 13.4 Å². The largest absolute Gasteiger partial charge is 0.380 e. The normalized spacial score (nSPS) is 11.3. The van der Waals surface area contributed by atoms with E-state index in [-0.39, 0.29) is 0 Å². The van der Waals surface area contributed by atoms with E-state index in [1.165, 1.54) is 0 Å². The van der Waals surface area contributed by atoms with Gasteiger partial charge >= 0.3 is 0 Å². The number of hydrogen-bond acceptors (Lipinski definition) is 5. The lowest BCUT2D eigenvalue weighted by Crippen LogP contribution is -2.10. The van der Waals surface area contributed by atoms with Crippen LogP contribution < -0.4 is 10.0 Å². The van der Waals surface area contributed by atoms with Gasteiger partial charge in [0.15, 0.2) is 0 Å². The Hall–Kier alpha value is -1.31. The van der Waals surface area contributed by atoms with Crippen molar-refractivity contribution < 1.29 is 8.42 Å². The number of nitrogens with zero attached hydrogens (tertiary/aromatic N) is 1. The first kappa shape index (κ1) is 15.1. The van der Waals surface area contributed by atoms with E-state index in [2.05, 4.69) is 15.0 Å². The summed E-state index contributed by atoms with van der Waals surface area (Å²) in [6, 6.07) is 5.09. The molecule has 0 bridgehead atoms. The van der Waals surface area contributed by atoms with Crippen LogP contribution in [0.1, 0.15) is 10.6 Å². The average molecular weight is 332 g/mol. The van der Waals surface area contributed by atoms with Crippen LogP contribution in [0.3, 0.4) is 0 Å². The predicted molar refractivity (Wildman–Crippen MR) is 84.1 cm³/mol. The van der Waals surface area contributed by atoms with Gasteiger partial charge in [0.2, 0.25) is 10.0 Å². The van der Waals surface area contributed by atoms with Crippen molar-refractivity contribution in [1.29, 1.82) is 0 Å². The van der Waals surface area contributed by atoms with E-state index >= 15 is 0 Å². The van der Waals surface area contributed by atoms with Crippen molar-refractivity contribution in [3.8, 4) is 0 Å². The minimum Gasteiger partial charge on any atom is -0.380 e. The van der Waals surface area contributed by atoms with Crippen molar-refractivity contribution in [2.75, 3.05) is 16.3 Å². The molecule has 20 heavy (non-hydrogen) atoms. The lowest BCUT2D eigenvalue weighted by atomic mass is 10.3. The second-order valence-corrected chi connectivity index (χ2v) is 7.38. The Labute approximate surface area is 127 Å². The Morgan fingerprint density at radius 2 is 2.15 bits per heavy atom. The standard InChI is InChI=1S/C12H14ClN3O2S2/c1-8-12(19-7-15-8)6-14-9-3-4-11(10(13)5-9)16-20(2,17)18/h3-5,7,14,16H,6H2,1-2H3. The first-order valence-corrected chi connectivity index (χ1v) is 8.90. The van der Waals surface area contributed by atoms with Crippen LogP contribution in [-0.2, 0) is 16.6 Å². The molecule has 1 aromatic heterocycles. The third-order valence-corrected chi connectivity index (χ3v) is 4.40. The van der Waals surface area contributed by atoms with E-state index in [1.54, 1.807) is 35.0 Å². The molecule has 0 amide bonds. The number of anilines is 2. The summed E-state index contributed by atoms with van der Waals surface area (Å²) in [5, 5.41) is 3.58. The average Bonchev–Trinajstić information content (AvgIpc) is 2.74. The summed E-state index contributed by atoms with van der Waals surface area (Å²) in [7, 11) is -3.33. The summed E-state index contributed by atoms with van der Waals surface area (Å²) in [5.74, 6) is 0. The Morgan fingerprint density at radius 1 is 1.40 bits per heavy atom. The molecule has 0 aliphatic heterocycles. The SMILES string of the molecule is Cc1ncsc1CNc1ccc(NS(C)(=O)=O)c(Cl)c1. The third-order valence-electron chi connectivity index (χ3n) is 2.56. The Kier molecular flexibility index (Phi) is 4.52. The van der Waals surface area contributed by atoms with Gasteiger partial charge in [-0.1, -0.05) is 11.6 Å². The summed E-state index contributed by atoms with van der Waals surface area (Å²) >= 11 is 7.64.